The second-order valence-electron chi connectivity index (χ2n) is 4.69. The average Bonchev–Trinajstić information content (AvgIpc) is 2.83. The molecule has 0 saturated heterocycles. The van der Waals surface area contributed by atoms with Crippen molar-refractivity contribution in [2.24, 2.45) is 0 Å². The first-order valence-electron chi connectivity index (χ1n) is 6.62. The van der Waals surface area contributed by atoms with Crippen LogP contribution in [-0.4, -0.2) is 12.6 Å². The molecule has 2 rings (SSSR count). The maximum Gasteiger partial charge on any atom is 0.305 e. The highest BCUT2D eigenvalue weighted by Crippen LogP contribution is 2.30. The molecule has 1 atom stereocenters. The van der Waals surface area contributed by atoms with Crippen molar-refractivity contribution < 1.29 is 9.53 Å². The Hall–Kier alpha value is -1.02. The van der Waals surface area contributed by atoms with Crippen LogP contribution in [0.5, 0.6) is 0 Å². The van der Waals surface area contributed by atoms with Gasteiger partial charge in [0.25, 0.3) is 0 Å². The molecule has 1 aliphatic carbocycles. The highest BCUT2D eigenvalue weighted by Gasteiger charge is 2.15. The highest BCUT2D eigenvalue weighted by molar-refractivity contribution is 6.20. The Bertz CT molecular complexity index is 429. The van der Waals surface area contributed by atoms with E-state index in [9.17, 15) is 4.79 Å². The number of aryl methyl sites for hydroxylation is 2. The molecule has 98 valence electrons. The summed E-state index contributed by atoms with van der Waals surface area (Å²) in [5, 5.41) is -0.0969. The van der Waals surface area contributed by atoms with Crippen LogP contribution in [0.15, 0.2) is 18.2 Å². The second-order valence-corrected chi connectivity index (χ2v) is 5.22. The van der Waals surface area contributed by atoms with E-state index in [0.29, 0.717) is 19.4 Å². The number of fused-ring (bicyclic) bond motifs is 1. The zero-order valence-electron chi connectivity index (χ0n) is 10.7. The van der Waals surface area contributed by atoms with Crippen molar-refractivity contribution in [3.63, 3.8) is 0 Å². The fraction of sp³-hybridized carbons (Fsp3) is 0.533. The molecule has 1 unspecified atom stereocenters. The van der Waals surface area contributed by atoms with Crippen molar-refractivity contribution in [3.8, 4) is 0 Å². The van der Waals surface area contributed by atoms with Crippen LogP contribution in [0.1, 0.15) is 48.3 Å². The van der Waals surface area contributed by atoms with E-state index in [2.05, 4.69) is 18.2 Å². The predicted molar refractivity (Wildman–Crippen MR) is 72.9 cm³/mol. The average molecular weight is 267 g/mol. The first-order chi connectivity index (χ1) is 8.70. The topological polar surface area (TPSA) is 26.3 Å². The number of halogens is 1. The van der Waals surface area contributed by atoms with Gasteiger partial charge < -0.3 is 4.74 Å². The lowest BCUT2D eigenvalue weighted by Gasteiger charge is -2.11. The van der Waals surface area contributed by atoms with Crippen LogP contribution in [0.4, 0.5) is 0 Å². The van der Waals surface area contributed by atoms with Crippen molar-refractivity contribution in [1.29, 1.82) is 0 Å². The van der Waals surface area contributed by atoms with Crippen molar-refractivity contribution in [3.05, 3.63) is 34.9 Å². The normalized spacial score (nSPS) is 15.2. The Balaban J connectivity index is 1.92. The lowest BCUT2D eigenvalue weighted by molar-refractivity contribution is -0.143. The second kappa shape index (κ2) is 6.24. The van der Waals surface area contributed by atoms with Crippen LogP contribution >= 0.6 is 11.6 Å². The third-order valence-electron chi connectivity index (χ3n) is 3.39. The molecule has 0 N–H and O–H groups in total. The molecule has 0 spiro atoms. The fourth-order valence-electron chi connectivity index (χ4n) is 2.43. The monoisotopic (exact) mass is 266 g/mol. The van der Waals surface area contributed by atoms with E-state index in [4.69, 9.17) is 16.3 Å². The molecule has 0 aromatic heterocycles. The van der Waals surface area contributed by atoms with Gasteiger partial charge in [0.15, 0.2) is 0 Å². The van der Waals surface area contributed by atoms with E-state index < -0.39 is 0 Å². The summed E-state index contributed by atoms with van der Waals surface area (Å²) in [6.45, 7) is 2.25. The van der Waals surface area contributed by atoms with Crippen molar-refractivity contribution in [2.75, 3.05) is 6.61 Å². The van der Waals surface area contributed by atoms with Crippen molar-refractivity contribution in [1.82, 2.24) is 0 Å². The summed E-state index contributed by atoms with van der Waals surface area (Å²) in [7, 11) is 0. The third-order valence-corrected chi connectivity index (χ3v) is 3.86. The number of ether oxygens (including phenoxy) is 1. The summed E-state index contributed by atoms with van der Waals surface area (Å²) < 4.78 is 4.90. The number of benzene rings is 1. The number of carbonyl (C=O) groups is 1. The summed E-state index contributed by atoms with van der Waals surface area (Å²) in [5.74, 6) is -0.163. The molecule has 0 heterocycles. The summed E-state index contributed by atoms with van der Waals surface area (Å²) in [4.78, 5) is 11.3. The molecular weight excluding hydrogens is 248 g/mol. The van der Waals surface area contributed by atoms with E-state index in [-0.39, 0.29) is 11.3 Å². The maximum absolute atomic E-state index is 11.3. The van der Waals surface area contributed by atoms with Gasteiger partial charge >= 0.3 is 5.97 Å². The van der Waals surface area contributed by atoms with E-state index in [1.165, 1.54) is 24.0 Å². The number of hydrogen-bond acceptors (Lipinski definition) is 2. The molecule has 0 saturated carbocycles. The number of rotatable bonds is 5. The van der Waals surface area contributed by atoms with Crippen LogP contribution in [0, 0.1) is 0 Å². The van der Waals surface area contributed by atoms with Gasteiger partial charge in [-0.25, -0.2) is 0 Å². The maximum atomic E-state index is 11.3. The van der Waals surface area contributed by atoms with E-state index in [1.807, 2.05) is 6.92 Å². The lowest BCUT2D eigenvalue weighted by atomic mass is 10.0. The van der Waals surface area contributed by atoms with Gasteiger partial charge in [0.2, 0.25) is 0 Å². The van der Waals surface area contributed by atoms with Gasteiger partial charge in [-0.2, -0.15) is 0 Å². The van der Waals surface area contributed by atoms with Gasteiger partial charge in [0.05, 0.1) is 12.0 Å². The zero-order valence-corrected chi connectivity index (χ0v) is 11.5. The molecule has 0 aliphatic heterocycles. The smallest absolute Gasteiger partial charge is 0.305 e. The van der Waals surface area contributed by atoms with Crippen LogP contribution in [0.2, 0.25) is 0 Å². The van der Waals surface area contributed by atoms with Crippen LogP contribution in [0.25, 0.3) is 0 Å². The van der Waals surface area contributed by atoms with Gasteiger partial charge in [-0.1, -0.05) is 18.2 Å². The van der Waals surface area contributed by atoms with E-state index in [1.54, 1.807) is 0 Å². The van der Waals surface area contributed by atoms with Gasteiger partial charge in [0.1, 0.15) is 0 Å². The minimum Gasteiger partial charge on any atom is -0.466 e. The Morgan fingerprint density at radius 3 is 2.94 bits per heavy atom. The van der Waals surface area contributed by atoms with Gasteiger partial charge in [-0.3, -0.25) is 4.79 Å². The summed E-state index contributed by atoms with van der Waals surface area (Å²) >= 11 is 6.34. The van der Waals surface area contributed by atoms with Crippen molar-refractivity contribution in [2.45, 2.75) is 44.4 Å². The Morgan fingerprint density at radius 2 is 2.17 bits per heavy atom. The molecular formula is C15H19ClO2. The molecule has 0 radical (unpaired) electrons. The van der Waals surface area contributed by atoms with Crippen LogP contribution in [0.3, 0.4) is 0 Å². The standard InChI is InChI=1S/C15H19ClO2/c1-2-18-15(17)9-8-14(16)13-7-6-11-4-3-5-12(11)10-13/h6-7,10,14H,2-5,8-9H2,1H3. The molecule has 1 aromatic rings. The summed E-state index contributed by atoms with van der Waals surface area (Å²) in [5.41, 5.74) is 4.00. The van der Waals surface area contributed by atoms with Crippen LogP contribution in [-0.2, 0) is 22.4 Å². The van der Waals surface area contributed by atoms with Gasteiger partial charge in [-0.05, 0) is 49.3 Å². The van der Waals surface area contributed by atoms with Crippen molar-refractivity contribution >= 4 is 17.6 Å². The molecule has 3 heteroatoms. The third kappa shape index (κ3) is 3.26. The molecule has 0 bridgehead atoms. The van der Waals surface area contributed by atoms with Gasteiger partial charge in [0, 0.05) is 6.42 Å². The minimum atomic E-state index is -0.163. The number of esters is 1. The molecule has 0 fully saturated rings. The Kier molecular flexibility index (Phi) is 4.65. The highest BCUT2D eigenvalue weighted by atomic mass is 35.5. The lowest BCUT2D eigenvalue weighted by Crippen LogP contribution is -2.05. The summed E-state index contributed by atoms with van der Waals surface area (Å²) in [6.07, 6.45) is 4.61. The molecule has 2 nitrogen and oxygen atoms in total. The SMILES string of the molecule is CCOC(=O)CCC(Cl)c1ccc2c(c1)CCC2. The first kappa shape index (κ1) is 13.4. The quantitative estimate of drug-likeness (QED) is 0.599. The summed E-state index contributed by atoms with van der Waals surface area (Å²) in [6, 6.07) is 6.47. The Morgan fingerprint density at radius 1 is 1.39 bits per heavy atom. The van der Waals surface area contributed by atoms with E-state index >= 15 is 0 Å². The minimum absolute atomic E-state index is 0.0969. The van der Waals surface area contributed by atoms with Gasteiger partial charge in [-0.15, -0.1) is 11.6 Å². The Labute approximate surface area is 113 Å². The number of alkyl halides is 1. The largest absolute Gasteiger partial charge is 0.466 e. The molecule has 1 aliphatic rings. The van der Waals surface area contributed by atoms with Crippen LogP contribution < -0.4 is 0 Å². The number of hydrogen-bond donors (Lipinski definition) is 0. The molecule has 1 aromatic carbocycles. The zero-order chi connectivity index (χ0) is 13.0. The first-order valence-corrected chi connectivity index (χ1v) is 7.05. The van der Waals surface area contributed by atoms with E-state index in [0.717, 1.165) is 12.0 Å². The number of carbonyl (C=O) groups excluding carboxylic acids is 1. The predicted octanol–water partition coefficient (Wildman–Crippen LogP) is 3.80. The molecule has 18 heavy (non-hydrogen) atoms. The fourth-order valence-corrected chi connectivity index (χ4v) is 2.68. The molecule has 0 amide bonds.